The van der Waals surface area contributed by atoms with E-state index in [2.05, 4.69) is 51.3 Å². The number of fused-ring (bicyclic) bond motifs is 1. The summed E-state index contributed by atoms with van der Waals surface area (Å²) in [5, 5.41) is 3.20. The van der Waals surface area contributed by atoms with Gasteiger partial charge >= 0.3 is 0 Å². The van der Waals surface area contributed by atoms with E-state index in [0.717, 1.165) is 48.7 Å². The van der Waals surface area contributed by atoms with E-state index in [1.54, 1.807) is 12.4 Å². The van der Waals surface area contributed by atoms with Crippen molar-refractivity contribution < 1.29 is 4.74 Å². The Labute approximate surface area is 177 Å². The van der Waals surface area contributed by atoms with Gasteiger partial charge in [-0.2, -0.15) is 0 Å². The zero-order valence-electron chi connectivity index (χ0n) is 17.8. The third-order valence-corrected chi connectivity index (χ3v) is 5.37. The van der Waals surface area contributed by atoms with Crippen LogP contribution >= 0.6 is 0 Å². The molecular weight excluding hydrogens is 376 g/mol. The van der Waals surface area contributed by atoms with Crippen molar-refractivity contribution in [3.05, 3.63) is 58.9 Å². The fourth-order valence-corrected chi connectivity index (χ4v) is 3.83. The van der Waals surface area contributed by atoms with E-state index in [-0.39, 0.29) is 5.82 Å². The first-order chi connectivity index (χ1) is 14.5. The second kappa shape index (κ2) is 8.67. The molecule has 0 atom stereocenters. The Morgan fingerprint density at radius 3 is 2.93 bits per heavy atom. The molecule has 0 fully saturated rings. The summed E-state index contributed by atoms with van der Waals surface area (Å²) in [5.74, 6) is 1.46. The summed E-state index contributed by atoms with van der Waals surface area (Å²) in [6.07, 6.45) is 4.56. The Hall–Kier alpha value is -3.19. The lowest BCUT2D eigenvalue weighted by Gasteiger charge is -2.27. The van der Waals surface area contributed by atoms with Crippen molar-refractivity contribution >= 4 is 11.6 Å². The number of hydrogen-bond donors (Lipinski definition) is 2. The number of nitrogens with two attached hydrogens (primary N) is 1. The number of hydrogen-bond acceptors (Lipinski definition) is 7. The minimum absolute atomic E-state index is 0.286. The number of nitrogens with zero attached hydrogens (tertiary/aromatic N) is 4. The molecule has 1 aromatic carbocycles. The van der Waals surface area contributed by atoms with E-state index >= 15 is 0 Å². The summed E-state index contributed by atoms with van der Waals surface area (Å²) >= 11 is 0. The van der Waals surface area contributed by atoms with Gasteiger partial charge in [-0.3, -0.25) is 0 Å². The predicted molar refractivity (Wildman–Crippen MR) is 119 cm³/mol. The molecule has 0 radical (unpaired) electrons. The van der Waals surface area contributed by atoms with Crippen LogP contribution < -0.4 is 15.8 Å². The van der Waals surface area contributed by atoms with Gasteiger partial charge in [-0.1, -0.05) is 0 Å². The first kappa shape index (κ1) is 20.1. The van der Waals surface area contributed by atoms with Crippen LogP contribution in [-0.4, -0.2) is 40.0 Å². The molecular formula is C23H28N6O. The van der Waals surface area contributed by atoms with Crippen molar-refractivity contribution in [1.29, 1.82) is 0 Å². The van der Waals surface area contributed by atoms with Crippen LogP contribution in [0.1, 0.15) is 29.2 Å². The number of aromatic nitrogens is 3. The number of benzene rings is 1. The predicted octanol–water partition coefficient (Wildman–Crippen LogP) is 3.43. The highest BCUT2D eigenvalue weighted by molar-refractivity contribution is 5.64. The molecule has 3 heterocycles. The van der Waals surface area contributed by atoms with E-state index < -0.39 is 0 Å². The first-order valence-electron chi connectivity index (χ1n) is 10.3. The maximum atomic E-state index is 6.04. The van der Waals surface area contributed by atoms with Crippen LogP contribution in [0.5, 0.6) is 5.88 Å². The van der Waals surface area contributed by atoms with Gasteiger partial charge in [0.1, 0.15) is 12.4 Å². The number of anilines is 2. The van der Waals surface area contributed by atoms with E-state index in [1.807, 2.05) is 19.1 Å². The van der Waals surface area contributed by atoms with Gasteiger partial charge in [-0.05, 0) is 73.8 Å². The molecule has 4 rings (SSSR count). The number of pyridine rings is 1. The Morgan fingerprint density at radius 2 is 2.10 bits per heavy atom. The maximum Gasteiger partial charge on any atom is 0.258 e. The van der Waals surface area contributed by atoms with Gasteiger partial charge in [0, 0.05) is 31.4 Å². The number of rotatable bonds is 6. The van der Waals surface area contributed by atoms with Crippen molar-refractivity contribution in [3.63, 3.8) is 0 Å². The standard InChI is InChI=1S/C23H28N6O/c1-4-25-21-10-16(5-7-26-21)14-30-23-22(24)27-12-20(28-23)17-9-15(2)19-6-8-29(3)13-18(19)11-17/h5,7,9-12H,4,6,8,13-14H2,1-3H3,(H2,24,27)(H,25,26). The molecule has 0 saturated heterocycles. The number of nitrogens with one attached hydrogen (secondary N) is 1. The van der Waals surface area contributed by atoms with Crippen molar-refractivity contribution in [3.8, 4) is 17.1 Å². The summed E-state index contributed by atoms with van der Waals surface area (Å²) in [5.41, 5.74) is 12.9. The highest BCUT2D eigenvalue weighted by Crippen LogP contribution is 2.30. The zero-order valence-corrected chi connectivity index (χ0v) is 17.8. The molecule has 0 spiro atoms. The highest BCUT2D eigenvalue weighted by atomic mass is 16.5. The maximum absolute atomic E-state index is 6.04. The SMILES string of the molecule is CCNc1cc(COc2nc(-c3cc(C)c4c(c3)CN(C)CC4)cnc2N)ccn1. The van der Waals surface area contributed by atoms with E-state index in [1.165, 1.54) is 16.7 Å². The van der Waals surface area contributed by atoms with Gasteiger partial charge in [0.05, 0.1) is 11.9 Å². The molecule has 0 bridgehead atoms. The zero-order chi connectivity index (χ0) is 21.1. The topological polar surface area (TPSA) is 89.2 Å². The van der Waals surface area contributed by atoms with E-state index in [0.29, 0.717) is 12.5 Å². The minimum Gasteiger partial charge on any atom is -0.470 e. The Kier molecular flexibility index (Phi) is 5.81. The summed E-state index contributed by atoms with van der Waals surface area (Å²) in [6.45, 7) is 7.41. The molecule has 0 amide bonds. The Bertz CT molecular complexity index is 1050. The molecule has 1 aliphatic rings. The van der Waals surface area contributed by atoms with Crippen molar-refractivity contribution in [1.82, 2.24) is 19.9 Å². The molecule has 7 nitrogen and oxygen atoms in total. The van der Waals surface area contributed by atoms with Gasteiger partial charge in [0.2, 0.25) is 0 Å². The fourth-order valence-electron chi connectivity index (χ4n) is 3.83. The lowest BCUT2D eigenvalue weighted by Crippen LogP contribution is -2.27. The van der Waals surface area contributed by atoms with Crippen LogP contribution in [0.2, 0.25) is 0 Å². The van der Waals surface area contributed by atoms with E-state index in [4.69, 9.17) is 10.5 Å². The Balaban J connectivity index is 1.57. The molecule has 7 heteroatoms. The normalized spacial score (nSPS) is 13.7. The summed E-state index contributed by atoms with van der Waals surface area (Å²) in [6, 6.07) is 8.27. The van der Waals surface area contributed by atoms with Crippen LogP contribution in [-0.2, 0) is 19.6 Å². The molecule has 0 unspecified atom stereocenters. The average molecular weight is 405 g/mol. The number of ether oxygens (including phenoxy) is 1. The summed E-state index contributed by atoms with van der Waals surface area (Å²) in [4.78, 5) is 15.6. The quantitative estimate of drug-likeness (QED) is 0.651. The largest absolute Gasteiger partial charge is 0.470 e. The Morgan fingerprint density at radius 1 is 1.23 bits per heavy atom. The van der Waals surface area contributed by atoms with Crippen LogP contribution in [0, 0.1) is 6.92 Å². The average Bonchev–Trinajstić information content (AvgIpc) is 2.73. The van der Waals surface area contributed by atoms with Gasteiger partial charge in [0.15, 0.2) is 5.82 Å². The molecule has 2 aromatic heterocycles. The molecule has 1 aliphatic heterocycles. The van der Waals surface area contributed by atoms with Gasteiger partial charge in [0.25, 0.3) is 5.88 Å². The van der Waals surface area contributed by atoms with Gasteiger partial charge in [-0.15, -0.1) is 0 Å². The van der Waals surface area contributed by atoms with Gasteiger partial charge in [-0.25, -0.2) is 15.0 Å². The van der Waals surface area contributed by atoms with Crippen LogP contribution in [0.4, 0.5) is 11.6 Å². The first-order valence-corrected chi connectivity index (χ1v) is 10.3. The second-order valence-corrected chi connectivity index (χ2v) is 7.73. The molecule has 156 valence electrons. The number of aryl methyl sites for hydroxylation is 1. The second-order valence-electron chi connectivity index (χ2n) is 7.73. The van der Waals surface area contributed by atoms with E-state index in [9.17, 15) is 0 Å². The number of likely N-dealkylation sites (N-methyl/N-ethyl adjacent to an activating group) is 1. The molecule has 3 N–H and O–H groups in total. The molecule has 0 aliphatic carbocycles. The summed E-state index contributed by atoms with van der Waals surface area (Å²) < 4.78 is 5.92. The monoisotopic (exact) mass is 404 g/mol. The minimum atomic E-state index is 0.286. The van der Waals surface area contributed by atoms with Crippen molar-refractivity contribution in [2.75, 3.05) is 31.2 Å². The lowest BCUT2D eigenvalue weighted by atomic mass is 9.92. The van der Waals surface area contributed by atoms with Crippen LogP contribution in [0.25, 0.3) is 11.3 Å². The molecule has 0 saturated carbocycles. The van der Waals surface area contributed by atoms with Gasteiger partial charge < -0.3 is 20.7 Å². The third-order valence-electron chi connectivity index (χ3n) is 5.37. The summed E-state index contributed by atoms with van der Waals surface area (Å²) in [7, 11) is 2.15. The van der Waals surface area contributed by atoms with Crippen molar-refractivity contribution in [2.24, 2.45) is 0 Å². The van der Waals surface area contributed by atoms with Crippen LogP contribution in [0.3, 0.4) is 0 Å². The smallest absolute Gasteiger partial charge is 0.258 e. The third kappa shape index (κ3) is 4.36. The van der Waals surface area contributed by atoms with Crippen molar-refractivity contribution in [2.45, 2.75) is 33.4 Å². The highest BCUT2D eigenvalue weighted by Gasteiger charge is 2.17. The molecule has 3 aromatic rings. The lowest BCUT2D eigenvalue weighted by molar-refractivity contribution is 0.295. The number of nitrogen functional groups attached to an aromatic ring is 1. The fraction of sp³-hybridized carbons (Fsp3) is 0.348. The molecule has 30 heavy (non-hydrogen) atoms. The van der Waals surface area contributed by atoms with Crippen LogP contribution in [0.15, 0.2) is 36.7 Å².